The maximum Gasteiger partial charge on any atom is 0.232 e. The Morgan fingerprint density at radius 1 is 1.16 bits per heavy atom. The zero-order valence-corrected chi connectivity index (χ0v) is 18.6. The van der Waals surface area contributed by atoms with E-state index in [9.17, 15) is 4.79 Å². The van der Waals surface area contributed by atoms with Crippen LogP contribution in [0, 0.1) is 0 Å². The molecule has 32 heavy (non-hydrogen) atoms. The number of aromatic nitrogens is 2. The fourth-order valence-corrected chi connectivity index (χ4v) is 4.73. The lowest BCUT2D eigenvalue weighted by Crippen LogP contribution is -2.28. The van der Waals surface area contributed by atoms with Crippen molar-refractivity contribution in [2.45, 2.75) is 51.2 Å². The summed E-state index contributed by atoms with van der Waals surface area (Å²) in [6.45, 7) is 4.54. The number of carbonyl (C=O) groups excluding carboxylic acids is 1. The summed E-state index contributed by atoms with van der Waals surface area (Å²) in [5, 5.41) is 4.17. The number of methoxy groups -OCH3 is 1. The van der Waals surface area contributed by atoms with Crippen LogP contribution in [0.2, 0.25) is 0 Å². The van der Waals surface area contributed by atoms with E-state index >= 15 is 0 Å². The Kier molecular flexibility index (Phi) is 5.33. The van der Waals surface area contributed by atoms with Crippen LogP contribution in [0.25, 0.3) is 11.4 Å². The lowest BCUT2D eigenvalue weighted by Gasteiger charge is -2.25. The van der Waals surface area contributed by atoms with Gasteiger partial charge in [0.25, 0.3) is 0 Å². The number of hydrogen-bond acceptors (Lipinski definition) is 6. The van der Waals surface area contributed by atoms with Crippen molar-refractivity contribution >= 4 is 5.91 Å². The van der Waals surface area contributed by atoms with Gasteiger partial charge in [-0.3, -0.25) is 4.79 Å². The van der Waals surface area contributed by atoms with Crippen LogP contribution in [0.5, 0.6) is 11.5 Å². The van der Waals surface area contributed by atoms with Gasteiger partial charge in [0.2, 0.25) is 17.6 Å². The Labute approximate surface area is 187 Å². The molecule has 0 N–H and O–H groups in total. The van der Waals surface area contributed by atoms with Crippen LogP contribution < -0.4 is 9.47 Å². The summed E-state index contributed by atoms with van der Waals surface area (Å²) in [5.41, 5.74) is 3.38. The van der Waals surface area contributed by atoms with E-state index in [-0.39, 0.29) is 24.0 Å². The molecule has 1 aliphatic carbocycles. The molecule has 1 aromatic heterocycles. The predicted octanol–water partition coefficient (Wildman–Crippen LogP) is 4.54. The van der Waals surface area contributed by atoms with E-state index in [4.69, 9.17) is 14.0 Å². The van der Waals surface area contributed by atoms with Gasteiger partial charge in [-0.25, -0.2) is 0 Å². The molecule has 2 unspecified atom stereocenters. The first-order valence-corrected chi connectivity index (χ1v) is 11.1. The quantitative estimate of drug-likeness (QED) is 0.568. The van der Waals surface area contributed by atoms with Gasteiger partial charge in [0.15, 0.2) is 11.5 Å². The summed E-state index contributed by atoms with van der Waals surface area (Å²) in [6, 6.07) is 14.1. The lowest BCUT2D eigenvalue weighted by molar-refractivity contribution is -0.129. The molecule has 1 aliphatic heterocycles. The Morgan fingerprint density at radius 3 is 2.81 bits per heavy atom. The second kappa shape index (κ2) is 8.30. The monoisotopic (exact) mass is 433 g/mol. The average molecular weight is 434 g/mol. The number of benzene rings is 2. The van der Waals surface area contributed by atoms with Gasteiger partial charge >= 0.3 is 0 Å². The molecule has 0 spiro atoms. The predicted molar refractivity (Wildman–Crippen MR) is 119 cm³/mol. The molecule has 1 fully saturated rings. The van der Waals surface area contributed by atoms with Crippen molar-refractivity contribution in [2.24, 2.45) is 0 Å². The summed E-state index contributed by atoms with van der Waals surface area (Å²) in [7, 11) is 1.61. The maximum absolute atomic E-state index is 12.8. The van der Waals surface area contributed by atoms with Crippen LogP contribution in [-0.2, 0) is 11.2 Å². The highest BCUT2D eigenvalue weighted by atomic mass is 16.5. The van der Waals surface area contributed by atoms with Crippen molar-refractivity contribution in [2.75, 3.05) is 13.7 Å². The maximum atomic E-state index is 12.8. The van der Waals surface area contributed by atoms with E-state index < -0.39 is 0 Å². The molecular weight excluding hydrogens is 406 g/mol. The molecule has 0 saturated carbocycles. The number of carbonyl (C=O) groups is 1. The molecule has 166 valence electrons. The van der Waals surface area contributed by atoms with Crippen LogP contribution in [0.15, 0.2) is 47.0 Å². The van der Waals surface area contributed by atoms with Crippen molar-refractivity contribution in [3.05, 3.63) is 59.5 Å². The minimum atomic E-state index is -0.0954. The second-order valence-corrected chi connectivity index (χ2v) is 8.69. The number of ether oxygens (including phenoxy) is 2. The van der Waals surface area contributed by atoms with Gasteiger partial charge in [-0.2, -0.15) is 4.98 Å². The molecule has 1 saturated heterocycles. The molecule has 2 heterocycles. The van der Waals surface area contributed by atoms with Crippen molar-refractivity contribution in [1.29, 1.82) is 0 Å². The van der Waals surface area contributed by atoms with E-state index in [1.165, 1.54) is 11.1 Å². The summed E-state index contributed by atoms with van der Waals surface area (Å²) in [5.74, 6) is 2.32. The van der Waals surface area contributed by atoms with Crippen LogP contribution >= 0.6 is 0 Å². The van der Waals surface area contributed by atoms with Crippen LogP contribution in [-0.4, -0.2) is 40.7 Å². The van der Waals surface area contributed by atoms with Crippen LogP contribution in [0.4, 0.5) is 0 Å². The normalized spacial score (nSPS) is 20.1. The first-order chi connectivity index (χ1) is 15.5. The zero-order chi connectivity index (χ0) is 22.2. The fourth-order valence-electron chi connectivity index (χ4n) is 4.73. The average Bonchev–Trinajstić information content (AvgIpc) is 3.51. The van der Waals surface area contributed by atoms with E-state index in [1.54, 1.807) is 7.11 Å². The van der Waals surface area contributed by atoms with Crippen LogP contribution in [0.1, 0.15) is 55.7 Å². The zero-order valence-electron chi connectivity index (χ0n) is 18.6. The SMILES string of the molecule is COc1cc(-c2noc(C3CC(=O)N(C4CCc5ccccc54)C3)n2)ccc1OC(C)C. The van der Waals surface area contributed by atoms with Crippen molar-refractivity contribution in [1.82, 2.24) is 15.0 Å². The third-order valence-corrected chi connectivity index (χ3v) is 6.21. The number of aryl methyl sites for hydroxylation is 1. The molecule has 2 aliphatic rings. The van der Waals surface area contributed by atoms with Crippen molar-refractivity contribution < 1.29 is 18.8 Å². The van der Waals surface area contributed by atoms with Crippen molar-refractivity contribution in [3.63, 3.8) is 0 Å². The number of hydrogen-bond donors (Lipinski definition) is 0. The molecule has 2 atom stereocenters. The standard InChI is InChI=1S/C25H27N3O4/c1-15(2)31-21-11-9-17(12-22(21)30-3)24-26-25(32-27-24)18-13-23(29)28(14-18)20-10-8-16-6-4-5-7-19(16)20/h4-7,9,11-12,15,18,20H,8,10,13-14H2,1-3H3. The second-order valence-electron chi connectivity index (χ2n) is 8.69. The lowest BCUT2D eigenvalue weighted by atomic mass is 10.1. The van der Waals surface area contributed by atoms with Gasteiger partial charge in [0, 0.05) is 18.5 Å². The third kappa shape index (κ3) is 3.72. The van der Waals surface area contributed by atoms with E-state index in [0.717, 1.165) is 18.4 Å². The van der Waals surface area contributed by atoms with Crippen molar-refractivity contribution in [3.8, 4) is 22.9 Å². The molecule has 3 aromatic rings. The highest BCUT2D eigenvalue weighted by Gasteiger charge is 2.40. The molecule has 7 nitrogen and oxygen atoms in total. The molecule has 7 heteroatoms. The number of rotatable bonds is 6. The highest BCUT2D eigenvalue weighted by Crippen LogP contribution is 2.41. The van der Waals surface area contributed by atoms with Gasteiger partial charge in [-0.05, 0) is 56.0 Å². The molecular formula is C25H27N3O4. The smallest absolute Gasteiger partial charge is 0.232 e. The molecule has 2 aromatic carbocycles. The number of nitrogens with zero attached hydrogens (tertiary/aromatic N) is 3. The van der Waals surface area contributed by atoms with Gasteiger partial charge in [0.05, 0.1) is 25.2 Å². The van der Waals surface area contributed by atoms with E-state index in [0.29, 0.717) is 36.2 Å². The largest absolute Gasteiger partial charge is 0.493 e. The Hall–Kier alpha value is -3.35. The summed E-state index contributed by atoms with van der Waals surface area (Å²) >= 11 is 0. The first-order valence-electron chi connectivity index (χ1n) is 11.1. The van der Waals surface area contributed by atoms with Gasteiger partial charge < -0.3 is 18.9 Å². The fraction of sp³-hybridized carbons (Fsp3) is 0.400. The van der Waals surface area contributed by atoms with Crippen LogP contribution in [0.3, 0.4) is 0 Å². The Bertz CT molecular complexity index is 1140. The Morgan fingerprint density at radius 2 is 2.00 bits per heavy atom. The molecule has 0 radical (unpaired) electrons. The Balaban J connectivity index is 1.34. The van der Waals surface area contributed by atoms with E-state index in [1.807, 2.05) is 43.0 Å². The molecule has 1 amide bonds. The first kappa shape index (κ1) is 20.5. The number of likely N-dealkylation sites (tertiary alicyclic amines) is 1. The summed E-state index contributed by atoms with van der Waals surface area (Å²) in [6.07, 6.45) is 2.42. The summed E-state index contributed by atoms with van der Waals surface area (Å²) < 4.78 is 16.8. The number of amides is 1. The van der Waals surface area contributed by atoms with Gasteiger partial charge in [-0.15, -0.1) is 0 Å². The highest BCUT2D eigenvalue weighted by molar-refractivity contribution is 5.80. The van der Waals surface area contributed by atoms with Gasteiger partial charge in [-0.1, -0.05) is 29.4 Å². The summed E-state index contributed by atoms with van der Waals surface area (Å²) in [4.78, 5) is 19.4. The third-order valence-electron chi connectivity index (χ3n) is 6.21. The minimum absolute atomic E-state index is 0.0428. The topological polar surface area (TPSA) is 77.7 Å². The molecule has 5 rings (SSSR count). The minimum Gasteiger partial charge on any atom is -0.493 e. The van der Waals surface area contributed by atoms with Gasteiger partial charge in [0.1, 0.15) is 0 Å². The van der Waals surface area contributed by atoms with E-state index in [2.05, 4.69) is 28.3 Å². The number of fused-ring (bicyclic) bond motifs is 1. The molecule has 0 bridgehead atoms.